The SMILES string of the molecule is CCCCCC/C=C\CCCCCCCCCC(=O)O[C@H](COC(=O)CCCCCCCCCCCCC/C=C\CCCCCCCC)COC(=O)CCCCCCCCCCCCCCC. The van der Waals surface area contributed by atoms with E-state index in [1.807, 2.05) is 0 Å². The van der Waals surface area contributed by atoms with Crippen molar-refractivity contribution in [3.63, 3.8) is 0 Å². The molecule has 0 aliphatic rings. The summed E-state index contributed by atoms with van der Waals surface area (Å²) in [6.07, 6.45) is 66.0. The lowest BCUT2D eigenvalue weighted by Crippen LogP contribution is -2.30. The molecule has 0 aliphatic carbocycles. The number of carbonyl (C=O) groups is 3. The predicted molar refractivity (Wildman–Crippen MR) is 289 cm³/mol. The Balaban J connectivity index is 4.28. The number of esters is 3. The quantitative estimate of drug-likeness (QED) is 0.0262. The minimum Gasteiger partial charge on any atom is -0.462 e. The summed E-state index contributed by atoms with van der Waals surface area (Å²) in [5.41, 5.74) is 0. The van der Waals surface area contributed by atoms with E-state index in [9.17, 15) is 14.4 Å². The van der Waals surface area contributed by atoms with Gasteiger partial charge < -0.3 is 14.2 Å². The van der Waals surface area contributed by atoms with E-state index in [1.54, 1.807) is 0 Å². The summed E-state index contributed by atoms with van der Waals surface area (Å²) in [5.74, 6) is -0.853. The minimum atomic E-state index is -0.769. The Hall–Kier alpha value is -2.11. The van der Waals surface area contributed by atoms with Gasteiger partial charge in [0.1, 0.15) is 13.2 Å². The highest BCUT2D eigenvalue weighted by atomic mass is 16.6. The molecular weight excluding hydrogens is 829 g/mol. The molecule has 0 radical (unpaired) electrons. The van der Waals surface area contributed by atoms with Gasteiger partial charge in [-0.05, 0) is 70.6 Å². The van der Waals surface area contributed by atoms with Crippen LogP contribution in [-0.4, -0.2) is 37.2 Å². The number of unbranched alkanes of at least 4 members (excludes halogenated alkanes) is 40. The molecule has 0 fully saturated rings. The fraction of sp³-hybridized carbons (Fsp3) is 0.885. The highest BCUT2D eigenvalue weighted by molar-refractivity contribution is 5.71. The van der Waals surface area contributed by atoms with Crippen molar-refractivity contribution in [3.05, 3.63) is 24.3 Å². The van der Waals surface area contributed by atoms with Crippen LogP contribution in [0.5, 0.6) is 0 Å². The number of ether oxygens (including phenoxy) is 3. The maximum Gasteiger partial charge on any atom is 0.306 e. The molecule has 1 atom stereocenters. The molecule has 0 spiro atoms. The molecule has 0 saturated carbocycles. The summed E-state index contributed by atoms with van der Waals surface area (Å²) >= 11 is 0. The topological polar surface area (TPSA) is 78.9 Å². The Morgan fingerprint density at radius 2 is 0.493 bits per heavy atom. The van der Waals surface area contributed by atoms with Crippen molar-refractivity contribution in [2.75, 3.05) is 13.2 Å². The van der Waals surface area contributed by atoms with Crippen molar-refractivity contribution in [2.24, 2.45) is 0 Å². The van der Waals surface area contributed by atoms with Gasteiger partial charge in [-0.15, -0.1) is 0 Å². The number of hydrogen-bond acceptors (Lipinski definition) is 6. The average molecular weight is 944 g/mol. The summed E-state index contributed by atoms with van der Waals surface area (Å²) in [6.45, 7) is 6.67. The Kier molecular flexibility index (Phi) is 54.7. The molecular formula is C61H114O6. The van der Waals surface area contributed by atoms with E-state index in [0.717, 1.165) is 57.8 Å². The van der Waals surface area contributed by atoms with E-state index in [1.165, 1.54) is 231 Å². The van der Waals surface area contributed by atoms with Crippen molar-refractivity contribution in [3.8, 4) is 0 Å². The lowest BCUT2D eigenvalue weighted by Gasteiger charge is -2.18. The second kappa shape index (κ2) is 56.5. The van der Waals surface area contributed by atoms with E-state index >= 15 is 0 Å². The first-order chi connectivity index (χ1) is 33.0. The Morgan fingerprint density at radius 1 is 0.284 bits per heavy atom. The Morgan fingerprint density at radius 3 is 0.761 bits per heavy atom. The van der Waals surface area contributed by atoms with Gasteiger partial charge >= 0.3 is 17.9 Å². The molecule has 0 aromatic heterocycles. The summed E-state index contributed by atoms with van der Waals surface area (Å²) < 4.78 is 16.9. The van der Waals surface area contributed by atoms with Gasteiger partial charge in [0.15, 0.2) is 6.10 Å². The van der Waals surface area contributed by atoms with Crippen molar-refractivity contribution >= 4 is 17.9 Å². The lowest BCUT2D eigenvalue weighted by atomic mass is 10.0. The summed E-state index contributed by atoms with van der Waals surface area (Å²) in [5, 5.41) is 0. The molecule has 0 unspecified atom stereocenters. The van der Waals surface area contributed by atoms with Gasteiger partial charge in [0.2, 0.25) is 0 Å². The first-order valence-electron chi connectivity index (χ1n) is 29.8. The van der Waals surface area contributed by atoms with E-state index in [4.69, 9.17) is 14.2 Å². The van der Waals surface area contributed by atoms with E-state index in [0.29, 0.717) is 19.3 Å². The van der Waals surface area contributed by atoms with Crippen LogP contribution >= 0.6 is 0 Å². The van der Waals surface area contributed by atoms with Gasteiger partial charge in [0.25, 0.3) is 0 Å². The molecule has 0 amide bonds. The van der Waals surface area contributed by atoms with E-state index < -0.39 is 6.10 Å². The van der Waals surface area contributed by atoms with Crippen LogP contribution in [0.15, 0.2) is 24.3 Å². The molecule has 0 saturated heterocycles. The predicted octanol–water partition coefficient (Wildman–Crippen LogP) is 19.9. The zero-order valence-corrected chi connectivity index (χ0v) is 45.2. The van der Waals surface area contributed by atoms with Crippen LogP contribution in [0.25, 0.3) is 0 Å². The first kappa shape index (κ1) is 64.9. The number of rotatable bonds is 55. The van der Waals surface area contributed by atoms with Crippen LogP contribution in [-0.2, 0) is 28.6 Å². The van der Waals surface area contributed by atoms with Gasteiger partial charge in [-0.25, -0.2) is 0 Å². The second-order valence-electron chi connectivity index (χ2n) is 20.3. The van der Waals surface area contributed by atoms with Crippen LogP contribution in [0.1, 0.15) is 329 Å². The number of allylic oxidation sites excluding steroid dienone is 4. The number of carbonyl (C=O) groups excluding carboxylic acids is 3. The second-order valence-corrected chi connectivity index (χ2v) is 20.3. The molecule has 0 aromatic rings. The Labute approximate surface area is 417 Å². The summed E-state index contributed by atoms with van der Waals surface area (Å²) in [6, 6.07) is 0. The first-order valence-corrected chi connectivity index (χ1v) is 29.8. The van der Waals surface area contributed by atoms with Crippen LogP contribution in [0.2, 0.25) is 0 Å². The van der Waals surface area contributed by atoms with Gasteiger partial charge in [-0.2, -0.15) is 0 Å². The molecule has 0 rings (SSSR count). The molecule has 0 aromatic carbocycles. The zero-order chi connectivity index (χ0) is 48.6. The molecule has 0 heterocycles. The van der Waals surface area contributed by atoms with Gasteiger partial charge in [0, 0.05) is 19.3 Å². The lowest BCUT2D eigenvalue weighted by molar-refractivity contribution is -0.167. The summed E-state index contributed by atoms with van der Waals surface area (Å²) in [4.78, 5) is 38.2. The van der Waals surface area contributed by atoms with Crippen molar-refractivity contribution in [1.82, 2.24) is 0 Å². The number of hydrogen-bond donors (Lipinski definition) is 0. The maximum atomic E-state index is 12.8. The third-order valence-electron chi connectivity index (χ3n) is 13.4. The summed E-state index contributed by atoms with van der Waals surface area (Å²) in [7, 11) is 0. The monoisotopic (exact) mass is 943 g/mol. The van der Waals surface area contributed by atoms with Crippen LogP contribution < -0.4 is 0 Å². The van der Waals surface area contributed by atoms with Crippen molar-refractivity contribution in [1.29, 1.82) is 0 Å². The molecule has 0 aliphatic heterocycles. The van der Waals surface area contributed by atoms with Crippen molar-refractivity contribution < 1.29 is 28.6 Å². The van der Waals surface area contributed by atoms with Crippen molar-refractivity contribution in [2.45, 2.75) is 335 Å². The van der Waals surface area contributed by atoms with E-state index in [2.05, 4.69) is 45.1 Å². The molecule has 0 bridgehead atoms. The van der Waals surface area contributed by atoms with Gasteiger partial charge in [0.05, 0.1) is 0 Å². The smallest absolute Gasteiger partial charge is 0.306 e. The fourth-order valence-electron chi connectivity index (χ4n) is 8.91. The highest BCUT2D eigenvalue weighted by Crippen LogP contribution is 2.17. The third-order valence-corrected chi connectivity index (χ3v) is 13.4. The Bertz CT molecular complexity index is 1080. The normalized spacial score (nSPS) is 12.1. The minimum absolute atomic E-state index is 0.0684. The van der Waals surface area contributed by atoms with E-state index in [-0.39, 0.29) is 31.1 Å². The fourth-order valence-corrected chi connectivity index (χ4v) is 8.91. The average Bonchev–Trinajstić information content (AvgIpc) is 3.33. The zero-order valence-electron chi connectivity index (χ0n) is 45.2. The molecule has 394 valence electrons. The molecule has 6 nitrogen and oxygen atoms in total. The van der Waals surface area contributed by atoms with Crippen LogP contribution in [0.4, 0.5) is 0 Å². The molecule has 6 heteroatoms. The largest absolute Gasteiger partial charge is 0.462 e. The van der Waals surface area contributed by atoms with Gasteiger partial charge in [-0.3, -0.25) is 14.4 Å². The van der Waals surface area contributed by atoms with Crippen LogP contribution in [0, 0.1) is 0 Å². The third kappa shape index (κ3) is 54.7. The van der Waals surface area contributed by atoms with Crippen LogP contribution in [0.3, 0.4) is 0 Å². The standard InChI is InChI=1S/C61H114O6/c1-4-7-10-13-16-19-22-25-27-28-29-30-31-32-34-36-39-42-45-48-51-54-60(63)66-57-58(56-65-59(62)53-50-47-44-41-38-35-24-21-18-15-12-9-6-3)67-61(64)55-52-49-46-43-40-37-33-26-23-20-17-14-11-8-5-2/h20,23,25,27,58H,4-19,21-22,24,26,28-57H2,1-3H3/b23-20-,27-25-/t58-/m0/s1. The molecule has 0 N–H and O–H groups in total. The maximum absolute atomic E-state index is 12.8. The van der Waals surface area contributed by atoms with Gasteiger partial charge in [-0.1, -0.05) is 263 Å². The molecule has 67 heavy (non-hydrogen) atoms. The highest BCUT2D eigenvalue weighted by Gasteiger charge is 2.19.